The second kappa shape index (κ2) is 8.11. The van der Waals surface area contributed by atoms with E-state index in [4.69, 9.17) is 14.2 Å². The van der Waals surface area contributed by atoms with Crippen LogP contribution in [0.1, 0.15) is 5.56 Å². The third kappa shape index (κ3) is 4.96. The second-order valence-corrected chi connectivity index (χ2v) is 4.43. The van der Waals surface area contributed by atoms with E-state index in [0.717, 1.165) is 24.4 Å². The van der Waals surface area contributed by atoms with Crippen molar-refractivity contribution in [3.63, 3.8) is 0 Å². The summed E-state index contributed by atoms with van der Waals surface area (Å²) in [4.78, 5) is 4.07. The first kappa shape index (κ1) is 15.1. The van der Waals surface area contributed by atoms with Crippen LogP contribution in [0.15, 0.2) is 42.7 Å². The Balaban J connectivity index is 1.75. The van der Waals surface area contributed by atoms with E-state index in [-0.39, 0.29) is 0 Å². The predicted molar refractivity (Wildman–Crippen MR) is 81.0 cm³/mol. The molecule has 0 atom stereocenters. The van der Waals surface area contributed by atoms with Crippen LogP contribution < -0.4 is 19.5 Å². The summed E-state index contributed by atoms with van der Waals surface area (Å²) in [7, 11) is 3.24. The molecule has 0 aliphatic rings. The van der Waals surface area contributed by atoms with Gasteiger partial charge in [-0.1, -0.05) is 6.07 Å². The first-order chi connectivity index (χ1) is 10.3. The first-order valence-corrected chi connectivity index (χ1v) is 6.77. The summed E-state index contributed by atoms with van der Waals surface area (Å²) in [6.45, 7) is 2.09. The number of rotatable bonds is 8. The number of benzene rings is 1. The second-order valence-electron chi connectivity index (χ2n) is 4.43. The van der Waals surface area contributed by atoms with Gasteiger partial charge in [-0.2, -0.15) is 0 Å². The van der Waals surface area contributed by atoms with E-state index < -0.39 is 0 Å². The van der Waals surface area contributed by atoms with Gasteiger partial charge in [0.15, 0.2) is 0 Å². The minimum atomic E-state index is 0.566. The van der Waals surface area contributed by atoms with Gasteiger partial charge in [0, 0.05) is 43.7 Å². The van der Waals surface area contributed by atoms with Crippen LogP contribution in [0, 0.1) is 0 Å². The molecule has 1 heterocycles. The van der Waals surface area contributed by atoms with E-state index in [1.807, 2.05) is 36.5 Å². The third-order valence-corrected chi connectivity index (χ3v) is 2.92. The van der Waals surface area contributed by atoms with E-state index in [1.165, 1.54) is 0 Å². The Bertz CT molecular complexity index is 524. The SMILES string of the molecule is COc1cc(OC)cc(OCCNCc2cccnc2)c1. The lowest BCUT2D eigenvalue weighted by molar-refractivity contribution is 0.307. The van der Waals surface area contributed by atoms with Crippen molar-refractivity contribution < 1.29 is 14.2 Å². The molecule has 1 aromatic carbocycles. The molecule has 112 valence electrons. The van der Waals surface area contributed by atoms with Gasteiger partial charge in [-0.15, -0.1) is 0 Å². The van der Waals surface area contributed by atoms with Gasteiger partial charge in [0.2, 0.25) is 0 Å². The number of methoxy groups -OCH3 is 2. The number of hydrogen-bond donors (Lipinski definition) is 1. The Morgan fingerprint density at radius 3 is 2.38 bits per heavy atom. The molecule has 0 amide bonds. The Labute approximate surface area is 124 Å². The summed E-state index contributed by atoms with van der Waals surface area (Å²) in [5, 5.41) is 3.30. The molecule has 0 unspecified atom stereocenters. The van der Waals surface area contributed by atoms with Crippen LogP contribution in [0.3, 0.4) is 0 Å². The number of hydrogen-bond acceptors (Lipinski definition) is 5. The van der Waals surface area contributed by atoms with Crippen molar-refractivity contribution >= 4 is 0 Å². The molecular formula is C16H20N2O3. The first-order valence-electron chi connectivity index (χ1n) is 6.77. The Hall–Kier alpha value is -2.27. The fourth-order valence-corrected chi connectivity index (χ4v) is 1.84. The molecule has 21 heavy (non-hydrogen) atoms. The molecule has 5 nitrogen and oxygen atoms in total. The molecular weight excluding hydrogens is 268 g/mol. The topological polar surface area (TPSA) is 52.6 Å². The van der Waals surface area contributed by atoms with Crippen LogP contribution in [-0.2, 0) is 6.54 Å². The lowest BCUT2D eigenvalue weighted by Crippen LogP contribution is -2.20. The summed E-state index contributed by atoms with van der Waals surface area (Å²) in [6.07, 6.45) is 3.61. The van der Waals surface area contributed by atoms with Crippen molar-refractivity contribution in [2.75, 3.05) is 27.4 Å². The highest BCUT2D eigenvalue weighted by atomic mass is 16.5. The Kier molecular flexibility index (Phi) is 5.84. The van der Waals surface area contributed by atoms with Crippen LogP contribution in [0.4, 0.5) is 0 Å². The summed E-state index contributed by atoms with van der Waals surface area (Å²) >= 11 is 0. The van der Waals surface area contributed by atoms with E-state index in [0.29, 0.717) is 18.1 Å². The molecule has 0 saturated carbocycles. The highest BCUT2D eigenvalue weighted by Gasteiger charge is 2.02. The molecule has 2 rings (SSSR count). The van der Waals surface area contributed by atoms with Gasteiger partial charge < -0.3 is 19.5 Å². The molecule has 0 aliphatic carbocycles. The minimum Gasteiger partial charge on any atom is -0.496 e. The van der Waals surface area contributed by atoms with Crippen LogP contribution in [0.25, 0.3) is 0 Å². The average Bonchev–Trinajstić information content (AvgIpc) is 2.55. The number of nitrogens with one attached hydrogen (secondary N) is 1. The molecule has 0 bridgehead atoms. The highest BCUT2D eigenvalue weighted by Crippen LogP contribution is 2.27. The van der Waals surface area contributed by atoms with Gasteiger partial charge in [0.1, 0.15) is 23.9 Å². The lowest BCUT2D eigenvalue weighted by Gasteiger charge is -2.10. The van der Waals surface area contributed by atoms with Crippen molar-refractivity contribution in [3.8, 4) is 17.2 Å². The summed E-state index contributed by atoms with van der Waals surface area (Å²) < 4.78 is 16.1. The largest absolute Gasteiger partial charge is 0.496 e. The van der Waals surface area contributed by atoms with Crippen LogP contribution in [0.2, 0.25) is 0 Å². The molecule has 0 spiro atoms. The average molecular weight is 288 g/mol. The minimum absolute atomic E-state index is 0.566. The van der Waals surface area contributed by atoms with Crippen LogP contribution in [-0.4, -0.2) is 32.4 Å². The predicted octanol–water partition coefficient (Wildman–Crippen LogP) is 2.27. The van der Waals surface area contributed by atoms with Crippen molar-refractivity contribution in [2.45, 2.75) is 6.54 Å². The Morgan fingerprint density at radius 2 is 1.76 bits per heavy atom. The van der Waals surface area contributed by atoms with Gasteiger partial charge in [-0.25, -0.2) is 0 Å². The lowest BCUT2D eigenvalue weighted by atomic mass is 10.3. The smallest absolute Gasteiger partial charge is 0.126 e. The number of aromatic nitrogens is 1. The van der Waals surface area contributed by atoms with Gasteiger partial charge in [-0.05, 0) is 11.6 Å². The standard InChI is InChI=1S/C16H20N2O3/c1-19-14-8-15(20-2)10-16(9-14)21-7-6-18-12-13-4-3-5-17-11-13/h3-5,8-11,18H,6-7,12H2,1-2H3. The van der Waals surface area contributed by atoms with Gasteiger partial charge in [-0.3, -0.25) is 4.98 Å². The van der Waals surface area contributed by atoms with Gasteiger partial charge >= 0.3 is 0 Å². The summed E-state index contributed by atoms with van der Waals surface area (Å²) in [5.41, 5.74) is 1.15. The third-order valence-electron chi connectivity index (χ3n) is 2.92. The number of nitrogens with zero attached hydrogens (tertiary/aromatic N) is 1. The fraction of sp³-hybridized carbons (Fsp3) is 0.312. The quantitative estimate of drug-likeness (QED) is 0.755. The summed E-state index contributed by atoms with van der Waals surface area (Å²) in [5.74, 6) is 2.16. The number of pyridine rings is 1. The van der Waals surface area contributed by atoms with Gasteiger partial charge in [0.05, 0.1) is 14.2 Å². The molecule has 0 fully saturated rings. The zero-order valence-corrected chi connectivity index (χ0v) is 12.3. The maximum atomic E-state index is 5.69. The van der Waals surface area contributed by atoms with Gasteiger partial charge in [0.25, 0.3) is 0 Å². The van der Waals surface area contributed by atoms with Crippen molar-refractivity contribution in [1.82, 2.24) is 10.3 Å². The van der Waals surface area contributed by atoms with E-state index >= 15 is 0 Å². The van der Waals surface area contributed by atoms with Crippen molar-refractivity contribution in [3.05, 3.63) is 48.3 Å². The summed E-state index contributed by atoms with van der Waals surface area (Å²) in [6, 6.07) is 9.45. The van der Waals surface area contributed by atoms with E-state index in [9.17, 15) is 0 Å². The molecule has 2 aromatic rings. The highest BCUT2D eigenvalue weighted by molar-refractivity contribution is 5.41. The molecule has 1 aromatic heterocycles. The molecule has 1 N–H and O–H groups in total. The van der Waals surface area contributed by atoms with E-state index in [1.54, 1.807) is 20.4 Å². The zero-order chi connectivity index (χ0) is 14.9. The van der Waals surface area contributed by atoms with E-state index in [2.05, 4.69) is 10.3 Å². The molecule has 5 heteroatoms. The monoisotopic (exact) mass is 288 g/mol. The Morgan fingerprint density at radius 1 is 1.05 bits per heavy atom. The van der Waals surface area contributed by atoms with Crippen molar-refractivity contribution in [1.29, 1.82) is 0 Å². The normalized spacial score (nSPS) is 10.2. The maximum absolute atomic E-state index is 5.69. The maximum Gasteiger partial charge on any atom is 0.126 e. The van der Waals surface area contributed by atoms with Crippen molar-refractivity contribution in [2.24, 2.45) is 0 Å². The fourth-order valence-electron chi connectivity index (χ4n) is 1.84. The molecule has 0 aliphatic heterocycles. The zero-order valence-electron chi connectivity index (χ0n) is 12.3. The van der Waals surface area contributed by atoms with Crippen LogP contribution in [0.5, 0.6) is 17.2 Å². The molecule has 0 saturated heterocycles. The van der Waals surface area contributed by atoms with Crippen LogP contribution >= 0.6 is 0 Å². The number of ether oxygens (including phenoxy) is 3. The molecule has 0 radical (unpaired) electrons.